The van der Waals surface area contributed by atoms with Gasteiger partial charge in [-0.25, -0.2) is 0 Å². The molecule has 0 aromatic heterocycles. The number of benzene rings is 2. The summed E-state index contributed by atoms with van der Waals surface area (Å²) in [5.74, 6) is 1.37. The standard InChI is InChI=1S/C15H14Br2ClNO2/c1-20-13-7-9(6-10(16)15(13)21-2)8-19-12-5-3-4-11(18)14(12)17/h3-7,19H,8H2,1-2H3. The van der Waals surface area contributed by atoms with Crippen LogP contribution in [-0.2, 0) is 6.54 Å². The first kappa shape index (κ1) is 16.5. The van der Waals surface area contributed by atoms with Gasteiger partial charge in [-0.2, -0.15) is 0 Å². The number of ether oxygens (including phenoxy) is 2. The summed E-state index contributed by atoms with van der Waals surface area (Å²) in [5, 5.41) is 4.01. The molecular formula is C15H14Br2ClNO2. The first-order chi connectivity index (χ1) is 10.1. The quantitative estimate of drug-likeness (QED) is 0.673. The van der Waals surface area contributed by atoms with E-state index in [9.17, 15) is 0 Å². The van der Waals surface area contributed by atoms with Gasteiger partial charge in [0.15, 0.2) is 11.5 Å². The molecule has 0 aliphatic heterocycles. The zero-order chi connectivity index (χ0) is 15.4. The molecular weight excluding hydrogens is 421 g/mol. The fourth-order valence-corrected chi connectivity index (χ4v) is 3.14. The van der Waals surface area contributed by atoms with Gasteiger partial charge in [0.2, 0.25) is 0 Å². The van der Waals surface area contributed by atoms with Gasteiger partial charge in [0.25, 0.3) is 0 Å². The van der Waals surface area contributed by atoms with Gasteiger partial charge in [0, 0.05) is 6.54 Å². The highest BCUT2D eigenvalue weighted by atomic mass is 79.9. The van der Waals surface area contributed by atoms with Gasteiger partial charge in [-0.3, -0.25) is 0 Å². The Kier molecular flexibility index (Phi) is 5.79. The number of anilines is 1. The van der Waals surface area contributed by atoms with E-state index in [-0.39, 0.29) is 0 Å². The normalized spacial score (nSPS) is 10.3. The average Bonchev–Trinajstić information content (AvgIpc) is 2.48. The number of rotatable bonds is 5. The number of nitrogens with one attached hydrogen (secondary N) is 1. The molecule has 3 nitrogen and oxygen atoms in total. The van der Waals surface area contributed by atoms with Crippen LogP contribution in [0, 0.1) is 0 Å². The van der Waals surface area contributed by atoms with E-state index < -0.39 is 0 Å². The minimum atomic E-state index is 0.637. The van der Waals surface area contributed by atoms with E-state index in [1.807, 2.05) is 30.3 Å². The van der Waals surface area contributed by atoms with Gasteiger partial charge in [-0.05, 0) is 61.7 Å². The SMILES string of the molecule is COc1cc(CNc2cccc(Cl)c2Br)cc(Br)c1OC. The van der Waals surface area contributed by atoms with Crippen molar-refractivity contribution in [3.63, 3.8) is 0 Å². The Balaban J connectivity index is 2.20. The lowest BCUT2D eigenvalue weighted by Gasteiger charge is -2.14. The van der Waals surface area contributed by atoms with Crippen LogP contribution in [0.15, 0.2) is 39.3 Å². The molecule has 0 atom stereocenters. The fourth-order valence-electron chi connectivity index (χ4n) is 1.91. The number of hydrogen-bond donors (Lipinski definition) is 1. The van der Waals surface area contributed by atoms with Gasteiger partial charge >= 0.3 is 0 Å². The van der Waals surface area contributed by atoms with Crippen LogP contribution < -0.4 is 14.8 Å². The molecule has 0 saturated heterocycles. The predicted octanol–water partition coefficient (Wildman–Crippen LogP) is 5.49. The summed E-state index contributed by atoms with van der Waals surface area (Å²) < 4.78 is 12.3. The van der Waals surface area contributed by atoms with E-state index in [4.69, 9.17) is 21.1 Å². The maximum absolute atomic E-state index is 6.08. The molecule has 21 heavy (non-hydrogen) atoms. The summed E-state index contributed by atoms with van der Waals surface area (Å²) >= 11 is 13.0. The molecule has 2 aromatic rings. The molecule has 0 fully saturated rings. The third-order valence-corrected chi connectivity index (χ3v) is 4.91. The zero-order valence-corrected chi connectivity index (χ0v) is 15.5. The van der Waals surface area contributed by atoms with Crippen LogP contribution in [0.4, 0.5) is 5.69 Å². The number of methoxy groups -OCH3 is 2. The molecule has 0 saturated carbocycles. The summed E-state index contributed by atoms with van der Waals surface area (Å²) in [6, 6.07) is 9.64. The maximum atomic E-state index is 6.08. The van der Waals surface area contributed by atoms with Crippen molar-refractivity contribution < 1.29 is 9.47 Å². The van der Waals surface area contributed by atoms with Gasteiger partial charge in [0.05, 0.1) is 33.9 Å². The molecule has 0 radical (unpaired) electrons. The van der Waals surface area contributed by atoms with E-state index in [2.05, 4.69) is 37.2 Å². The van der Waals surface area contributed by atoms with Crippen molar-refractivity contribution in [3.8, 4) is 11.5 Å². The van der Waals surface area contributed by atoms with Gasteiger partial charge in [-0.15, -0.1) is 0 Å². The summed E-state index contributed by atoms with van der Waals surface area (Å²) in [6.45, 7) is 0.637. The Hall–Kier alpha value is -0.910. The molecule has 0 aliphatic carbocycles. The fraction of sp³-hybridized carbons (Fsp3) is 0.200. The van der Waals surface area contributed by atoms with E-state index in [1.165, 1.54) is 0 Å². The van der Waals surface area contributed by atoms with Crippen LogP contribution in [0.2, 0.25) is 5.02 Å². The van der Waals surface area contributed by atoms with E-state index in [0.29, 0.717) is 23.1 Å². The summed E-state index contributed by atoms with van der Waals surface area (Å²) in [4.78, 5) is 0. The molecule has 0 unspecified atom stereocenters. The smallest absolute Gasteiger partial charge is 0.174 e. The van der Waals surface area contributed by atoms with Gasteiger partial charge < -0.3 is 14.8 Å². The van der Waals surface area contributed by atoms with E-state index in [1.54, 1.807) is 14.2 Å². The highest BCUT2D eigenvalue weighted by Crippen LogP contribution is 2.37. The van der Waals surface area contributed by atoms with Crippen LogP contribution in [0.5, 0.6) is 11.5 Å². The van der Waals surface area contributed by atoms with Gasteiger partial charge in [-0.1, -0.05) is 17.7 Å². The summed E-state index contributed by atoms with van der Waals surface area (Å²) in [7, 11) is 3.23. The van der Waals surface area contributed by atoms with Crippen molar-refractivity contribution in [1.29, 1.82) is 0 Å². The predicted molar refractivity (Wildman–Crippen MR) is 93.7 cm³/mol. The second-order valence-corrected chi connectivity index (χ2v) is 6.32. The Bertz CT molecular complexity index is 650. The monoisotopic (exact) mass is 433 g/mol. The lowest BCUT2D eigenvalue weighted by molar-refractivity contribution is 0.352. The number of hydrogen-bond acceptors (Lipinski definition) is 3. The first-order valence-electron chi connectivity index (χ1n) is 6.15. The minimum absolute atomic E-state index is 0.637. The Morgan fingerprint density at radius 3 is 2.57 bits per heavy atom. The van der Waals surface area contributed by atoms with E-state index >= 15 is 0 Å². The minimum Gasteiger partial charge on any atom is -0.493 e. The molecule has 2 aromatic carbocycles. The molecule has 0 aliphatic rings. The molecule has 0 bridgehead atoms. The van der Waals surface area contributed by atoms with Crippen molar-refractivity contribution in [2.75, 3.05) is 19.5 Å². The zero-order valence-electron chi connectivity index (χ0n) is 11.5. The average molecular weight is 436 g/mol. The summed E-state index contributed by atoms with van der Waals surface area (Å²) in [6.07, 6.45) is 0. The van der Waals surface area contributed by atoms with E-state index in [0.717, 1.165) is 20.2 Å². The van der Waals surface area contributed by atoms with Crippen molar-refractivity contribution in [2.45, 2.75) is 6.54 Å². The largest absolute Gasteiger partial charge is 0.493 e. The Morgan fingerprint density at radius 1 is 1.14 bits per heavy atom. The van der Waals surface area contributed by atoms with Crippen molar-refractivity contribution >= 4 is 49.1 Å². The van der Waals surface area contributed by atoms with Crippen molar-refractivity contribution in [1.82, 2.24) is 0 Å². The second kappa shape index (κ2) is 7.38. The molecule has 2 rings (SSSR count). The highest BCUT2D eigenvalue weighted by molar-refractivity contribution is 9.11. The highest BCUT2D eigenvalue weighted by Gasteiger charge is 2.11. The lowest BCUT2D eigenvalue weighted by Crippen LogP contribution is -2.02. The van der Waals surface area contributed by atoms with Crippen LogP contribution in [0.1, 0.15) is 5.56 Å². The first-order valence-corrected chi connectivity index (χ1v) is 8.11. The van der Waals surface area contributed by atoms with Crippen molar-refractivity contribution in [3.05, 3.63) is 49.9 Å². The molecule has 6 heteroatoms. The molecule has 112 valence electrons. The van der Waals surface area contributed by atoms with Crippen LogP contribution in [0.25, 0.3) is 0 Å². The third-order valence-electron chi connectivity index (χ3n) is 2.93. The van der Waals surface area contributed by atoms with Crippen LogP contribution in [-0.4, -0.2) is 14.2 Å². The third kappa shape index (κ3) is 3.84. The maximum Gasteiger partial charge on any atom is 0.174 e. The topological polar surface area (TPSA) is 30.5 Å². The lowest BCUT2D eigenvalue weighted by atomic mass is 10.2. The summed E-state index contributed by atoms with van der Waals surface area (Å²) in [5.41, 5.74) is 2.00. The second-order valence-electron chi connectivity index (χ2n) is 4.27. The number of halogens is 3. The molecule has 0 amide bonds. The molecule has 0 heterocycles. The van der Waals surface area contributed by atoms with Gasteiger partial charge in [0.1, 0.15) is 0 Å². The molecule has 1 N–H and O–H groups in total. The molecule has 0 spiro atoms. The Morgan fingerprint density at radius 2 is 1.90 bits per heavy atom. The Labute approximate surface area is 145 Å². The van der Waals surface area contributed by atoms with Crippen LogP contribution in [0.3, 0.4) is 0 Å². The van der Waals surface area contributed by atoms with Crippen molar-refractivity contribution in [2.24, 2.45) is 0 Å². The van der Waals surface area contributed by atoms with Crippen LogP contribution >= 0.6 is 43.5 Å².